The van der Waals surface area contributed by atoms with E-state index in [-0.39, 0.29) is 0 Å². The van der Waals surface area contributed by atoms with Gasteiger partial charge in [-0.05, 0) is 44.2 Å². The van der Waals surface area contributed by atoms with Crippen molar-refractivity contribution in [1.29, 1.82) is 0 Å². The highest BCUT2D eigenvalue weighted by Crippen LogP contribution is 2.29. The van der Waals surface area contributed by atoms with Crippen molar-refractivity contribution in [3.63, 3.8) is 0 Å². The zero-order chi connectivity index (χ0) is 16.1. The fourth-order valence-electron chi connectivity index (χ4n) is 3.12. The zero-order valence-electron chi connectivity index (χ0n) is 14.3. The summed E-state index contributed by atoms with van der Waals surface area (Å²) in [5.41, 5.74) is 3.81. The van der Waals surface area contributed by atoms with Gasteiger partial charge >= 0.3 is 0 Å². The molecule has 0 N–H and O–H groups in total. The highest BCUT2D eigenvalue weighted by atomic mass is 16.5. The second kappa shape index (κ2) is 7.50. The quantitative estimate of drug-likeness (QED) is 0.800. The lowest BCUT2D eigenvalue weighted by molar-refractivity contribution is 0.285. The molecule has 0 saturated heterocycles. The van der Waals surface area contributed by atoms with Crippen molar-refractivity contribution < 1.29 is 4.74 Å². The molecule has 3 heteroatoms. The van der Waals surface area contributed by atoms with Crippen LogP contribution in [0.2, 0.25) is 0 Å². The van der Waals surface area contributed by atoms with Gasteiger partial charge in [0.15, 0.2) is 0 Å². The maximum absolute atomic E-state index is 5.35. The monoisotopic (exact) mass is 300 g/mol. The van der Waals surface area contributed by atoms with Gasteiger partial charge in [-0.15, -0.1) is 0 Å². The number of methoxy groups -OCH3 is 1. The first-order chi connectivity index (χ1) is 10.6. The molecule has 1 aromatic rings. The molecule has 1 aliphatic rings. The van der Waals surface area contributed by atoms with E-state index in [0.717, 1.165) is 31.9 Å². The number of nitrogens with zero attached hydrogens (tertiary/aromatic N) is 2. The SMILES string of the molecule is C=C([C@@H]1C=C(c2cccc(OC)c2)CN(C)C1)N(CC)CC. The van der Waals surface area contributed by atoms with Crippen molar-refractivity contribution in [3.8, 4) is 5.75 Å². The van der Waals surface area contributed by atoms with Gasteiger partial charge in [-0.1, -0.05) is 24.8 Å². The average molecular weight is 300 g/mol. The topological polar surface area (TPSA) is 15.7 Å². The van der Waals surface area contributed by atoms with E-state index in [1.165, 1.54) is 16.8 Å². The van der Waals surface area contributed by atoms with Gasteiger partial charge in [0.05, 0.1) is 7.11 Å². The summed E-state index contributed by atoms with van der Waals surface area (Å²) in [5, 5.41) is 0. The fraction of sp³-hybridized carbons (Fsp3) is 0.474. The normalized spacial score (nSPS) is 18.7. The van der Waals surface area contributed by atoms with Crippen LogP contribution in [0.25, 0.3) is 5.57 Å². The van der Waals surface area contributed by atoms with Gasteiger partial charge in [-0.3, -0.25) is 0 Å². The van der Waals surface area contributed by atoms with E-state index in [1.807, 2.05) is 6.07 Å². The van der Waals surface area contributed by atoms with Crippen LogP contribution in [0.1, 0.15) is 19.4 Å². The summed E-state index contributed by atoms with van der Waals surface area (Å²) in [6.45, 7) is 12.7. The number of ether oxygens (including phenoxy) is 1. The first kappa shape index (κ1) is 16.6. The van der Waals surface area contributed by atoms with Crippen LogP contribution in [-0.2, 0) is 0 Å². The Kier molecular flexibility index (Phi) is 5.67. The van der Waals surface area contributed by atoms with Crippen LogP contribution in [0.4, 0.5) is 0 Å². The minimum absolute atomic E-state index is 0.375. The lowest BCUT2D eigenvalue weighted by Gasteiger charge is -2.35. The van der Waals surface area contributed by atoms with E-state index in [2.05, 4.69) is 61.5 Å². The van der Waals surface area contributed by atoms with Crippen molar-refractivity contribution >= 4 is 5.57 Å². The van der Waals surface area contributed by atoms with Gasteiger partial charge < -0.3 is 14.5 Å². The Bertz CT molecular complexity index is 546. The van der Waals surface area contributed by atoms with Crippen LogP contribution < -0.4 is 4.74 Å². The standard InChI is InChI=1S/C19H28N2O/c1-6-21(7-2)15(3)17-11-18(14-20(4)13-17)16-9-8-10-19(12-16)22-5/h8-12,17H,3,6-7,13-14H2,1-2,4-5H3/t17-/m1/s1. The minimum atomic E-state index is 0.375. The molecule has 120 valence electrons. The van der Waals surface area contributed by atoms with Crippen molar-refractivity contribution in [2.45, 2.75) is 13.8 Å². The fourth-order valence-corrected chi connectivity index (χ4v) is 3.12. The van der Waals surface area contributed by atoms with Crippen molar-refractivity contribution in [3.05, 3.63) is 48.2 Å². The lowest BCUT2D eigenvalue weighted by atomic mass is 9.92. The third kappa shape index (κ3) is 3.72. The maximum Gasteiger partial charge on any atom is 0.119 e. The first-order valence-corrected chi connectivity index (χ1v) is 8.06. The molecule has 22 heavy (non-hydrogen) atoms. The second-order valence-corrected chi connectivity index (χ2v) is 5.89. The molecule has 1 atom stereocenters. The van der Waals surface area contributed by atoms with Gasteiger partial charge in [0.1, 0.15) is 5.75 Å². The largest absolute Gasteiger partial charge is 0.497 e. The van der Waals surface area contributed by atoms with Gasteiger partial charge in [0.25, 0.3) is 0 Å². The molecule has 3 nitrogen and oxygen atoms in total. The Morgan fingerprint density at radius 3 is 2.73 bits per heavy atom. The van der Waals surface area contributed by atoms with E-state index >= 15 is 0 Å². The van der Waals surface area contributed by atoms with Crippen LogP contribution >= 0.6 is 0 Å². The second-order valence-electron chi connectivity index (χ2n) is 5.89. The van der Waals surface area contributed by atoms with Crippen molar-refractivity contribution in [2.24, 2.45) is 5.92 Å². The van der Waals surface area contributed by atoms with Gasteiger partial charge in [-0.2, -0.15) is 0 Å². The van der Waals surface area contributed by atoms with Crippen LogP contribution in [0.5, 0.6) is 5.75 Å². The number of hydrogen-bond donors (Lipinski definition) is 0. The van der Waals surface area contributed by atoms with Gasteiger partial charge in [0.2, 0.25) is 0 Å². The first-order valence-electron chi connectivity index (χ1n) is 8.06. The molecule has 0 unspecified atom stereocenters. The Labute approximate surface area is 134 Å². The number of rotatable bonds is 6. The molecule has 1 aromatic carbocycles. The molecular formula is C19H28N2O. The highest BCUT2D eigenvalue weighted by Gasteiger charge is 2.23. The summed E-state index contributed by atoms with van der Waals surface area (Å²) >= 11 is 0. The predicted molar refractivity (Wildman–Crippen MR) is 94.0 cm³/mol. The average Bonchev–Trinajstić information content (AvgIpc) is 2.55. The number of benzene rings is 1. The minimum Gasteiger partial charge on any atom is -0.497 e. The third-order valence-corrected chi connectivity index (χ3v) is 4.39. The van der Waals surface area contributed by atoms with E-state index in [4.69, 9.17) is 4.74 Å². The molecule has 0 bridgehead atoms. The maximum atomic E-state index is 5.35. The molecule has 0 radical (unpaired) electrons. The molecule has 0 saturated carbocycles. The molecule has 1 aliphatic heterocycles. The molecule has 0 fully saturated rings. The van der Waals surface area contributed by atoms with E-state index in [0.29, 0.717) is 5.92 Å². The smallest absolute Gasteiger partial charge is 0.119 e. The highest BCUT2D eigenvalue weighted by molar-refractivity contribution is 5.69. The van der Waals surface area contributed by atoms with Crippen LogP contribution in [-0.4, -0.2) is 50.1 Å². The summed E-state index contributed by atoms with van der Waals surface area (Å²) in [6.07, 6.45) is 2.38. The Morgan fingerprint density at radius 1 is 1.36 bits per heavy atom. The summed E-state index contributed by atoms with van der Waals surface area (Å²) in [4.78, 5) is 4.72. The Balaban J connectivity index is 2.28. The van der Waals surface area contributed by atoms with E-state index in [9.17, 15) is 0 Å². The predicted octanol–water partition coefficient (Wildman–Crippen LogP) is 3.50. The van der Waals surface area contributed by atoms with Crippen molar-refractivity contribution in [2.75, 3.05) is 40.3 Å². The summed E-state index contributed by atoms with van der Waals surface area (Å²) < 4.78 is 5.35. The number of hydrogen-bond acceptors (Lipinski definition) is 3. The van der Waals surface area contributed by atoms with Crippen molar-refractivity contribution in [1.82, 2.24) is 9.80 Å². The van der Waals surface area contributed by atoms with E-state index < -0.39 is 0 Å². The van der Waals surface area contributed by atoms with Crippen LogP contribution in [0.3, 0.4) is 0 Å². The van der Waals surface area contributed by atoms with Crippen LogP contribution in [0.15, 0.2) is 42.6 Å². The molecule has 0 aromatic heterocycles. The number of likely N-dealkylation sites (N-methyl/N-ethyl adjacent to an activating group) is 1. The molecule has 0 aliphatic carbocycles. The zero-order valence-corrected chi connectivity index (χ0v) is 14.3. The molecular weight excluding hydrogens is 272 g/mol. The molecule has 0 spiro atoms. The summed E-state index contributed by atoms with van der Waals surface area (Å²) in [5.74, 6) is 1.28. The van der Waals surface area contributed by atoms with Crippen LogP contribution in [0, 0.1) is 5.92 Å². The molecule has 1 heterocycles. The summed E-state index contributed by atoms with van der Waals surface area (Å²) in [6, 6.07) is 8.31. The molecule has 2 rings (SSSR count). The van der Waals surface area contributed by atoms with Gasteiger partial charge in [0, 0.05) is 37.8 Å². The Morgan fingerprint density at radius 2 is 2.09 bits per heavy atom. The lowest BCUT2D eigenvalue weighted by Crippen LogP contribution is -2.36. The van der Waals surface area contributed by atoms with Gasteiger partial charge in [-0.25, -0.2) is 0 Å². The third-order valence-electron chi connectivity index (χ3n) is 4.39. The Hall–Kier alpha value is -1.74. The summed E-state index contributed by atoms with van der Waals surface area (Å²) in [7, 11) is 3.89. The molecule has 0 amide bonds. The van der Waals surface area contributed by atoms with E-state index in [1.54, 1.807) is 7.11 Å².